The Labute approximate surface area is 121 Å². The summed E-state index contributed by atoms with van der Waals surface area (Å²) < 4.78 is 5.58. The molecule has 1 N–H and O–H groups in total. The van der Waals surface area contributed by atoms with Crippen LogP contribution in [0.5, 0.6) is 0 Å². The molecule has 3 nitrogen and oxygen atoms in total. The van der Waals surface area contributed by atoms with Crippen LogP contribution < -0.4 is 5.32 Å². The van der Waals surface area contributed by atoms with Gasteiger partial charge in [0.15, 0.2) is 0 Å². The van der Waals surface area contributed by atoms with Crippen molar-refractivity contribution < 1.29 is 4.74 Å². The van der Waals surface area contributed by atoms with Gasteiger partial charge >= 0.3 is 0 Å². The summed E-state index contributed by atoms with van der Waals surface area (Å²) in [6, 6.07) is 0.508. The molecule has 0 aromatic carbocycles. The van der Waals surface area contributed by atoms with E-state index in [1.165, 1.54) is 10.6 Å². The highest BCUT2D eigenvalue weighted by Crippen LogP contribution is 2.29. The standard InChI is InChI=1S/C15H28N2OS/c1-6-8-12-14(10-16-11(3)4)19-15(17-12)13(18-5)9-7-2/h11,13,16H,6-10H2,1-5H3. The van der Waals surface area contributed by atoms with Crippen molar-refractivity contribution >= 4 is 11.3 Å². The summed E-state index contributed by atoms with van der Waals surface area (Å²) >= 11 is 1.82. The third-order valence-corrected chi connectivity index (χ3v) is 4.25. The van der Waals surface area contributed by atoms with Crippen molar-refractivity contribution in [2.75, 3.05) is 7.11 Å². The maximum absolute atomic E-state index is 5.58. The van der Waals surface area contributed by atoms with Gasteiger partial charge in [0.1, 0.15) is 11.1 Å². The maximum Gasteiger partial charge on any atom is 0.122 e. The Balaban J connectivity index is 2.85. The van der Waals surface area contributed by atoms with Crippen molar-refractivity contribution in [1.29, 1.82) is 0 Å². The minimum absolute atomic E-state index is 0.165. The van der Waals surface area contributed by atoms with Crippen LogP contribution >= 0.6 is 11.3 Å². The van der Waals surface area contributed by atoms with E-state index < -0.39 is 0 Å². The van der Waals surface area contributed by atoms with E-state index in [0.29, 0.717) is 6.04 Å². The van der Waals surface area contributed by atoms with Crippen LogP contribution in [0.1, 0.15) is 68.6 Å². The fourth-order valence-corrected chi connectivity index (χ4v) is 3.19. The number of aromatic nitrogens is 1. The summed E-state index contributed by atoms with van der Waals surface area (Å²) in [5.41, 5.74) is 1.26. The number of ether oxygens (including phenoxy) is 1. The average Bonchev–Trinajstić information content (AvgIpc) is 2.77. The normalized spacial score (nSPS) is 13.2. The summed E-state index contributed by atoms with van der Waals surface area (Å²) in [4.78, 5) is 6.20. The third-order valence-electron chi connectivity index (χ3n) is 3.06. The van der Waals surface area contributed by atoms with Crippen molar-refractivity contribution in [3.8, 4) is 0 Å². The number of hydrogen-bond acceptors (Lipinski definition) is 4. The molecule has 19 heavy (non-hydrogen) atoms. The Morgan fingerprint density at radius 3 is 2.53 bits per heavy atom. The zero-order chi connectivity index (χ0) is 14.3. The van der Waals surface area contributed by atoms with Gasteiger partial charge in [-0.05, 0) is 12.8 Å². The maximum atomic E-state index is 5.58. The van der Waals surface area contributed by atoms with Gasteiger partial charge in [0.25, 0.3) is 0 Å². The summed E-state index contributed by atoms with van der Waals surface area (Å²) in [5.74, 6) is 0. The molecular formula is C15H28N2OS. The van der Waals surface area contributed by atoms with E-state index in [0.717, 1.165) is 37.2 Å². The lowest BCUT2D eigenvalue weighted by Gasteiger charge is -2.10. The second-order valence-corrected chi connectivity index (χ2v) is 6.34. The molecule has 1 heterocycles. The topological polar surface area (TPSA) is 34.1 Å². The molecule has 0 saturated carbocycles. The Morgan fingerprint density at radius 2 is 2.00 bits per heavy atom. The second-order valence-electron chi connectivity index (χ2n) is 5.22. The van der Waals surface area contributed by atoms with Gasteiger partial charge in [-0.1, -0.05) is 40.5 Å². The summed E-state index contributed by atoms with van der Waals surface area (Å²) in [6.45, 7) is 9.67. The number of aryl methyl sites for hydroxylation is 1. The molecule has 0 aliphatic carbocycles. The summed E-state index contributed by atoms with van der Waals surface area (Å²) in [7, 11) is 1.78. The van der Waals surface area contributed by atoms with E-state index in [9.17, 15) is 0 Å². The number of nitrogens with zero attached hydrogens (tertiary/aromatic N) is 1. The average molecular weight is 284 g/mol. The van der Waals surface area contributed by atoms with Crippen molar-refractivity contribution in [3.63, 3.8) is 0 Å². The van der Waals surface area contributed by atoms with Crippen molar-refractivity contribution in [2.24, 2.45) is 0 Å². The molecule has 1 rings (SSSR count). The quantitative estimate of drug-likeness (QED) is 0.742. The number of hydrogen-bond donors (Lipinski definition) is 1. The predicted molar refractivity (Wildman–Crippen MR) is 82.7 cm³/mol. The first kappa shape index (κ1) is 16.6. The lowest BCUT2D eigenvalue weighted by molar-refractivity contribution is 0.0946. The van der Waals surface area contributed by atoms with Gasteiger partial charge in [-0.25, -0.2) is 4.98 Å². The molecule has 110 valence electrons. The Kier molecular flexibility index (Phi) is 7.57. The van der Waals surface area contributed by atoms with Crippen LogP contribution in [0.3, 0.4) is 0 Å². The zero-order valence-electron chi connectivity index (χ0n) is 13.0. The fraction of sp³-hybridized carbons (Fsp3) is 0.800. The van der Waals surface area contributed by atoms with E-state index in [1.807, 2.05) is 11.3 Å². The molecule has 0 aliphatic heterocycles. The molecule has 0 saturated heterocycles. The first-order valence-corrected chi connectivity index (χ1v) is 8.18. The van der Waals surface area contributed by atoms with Crippen LogP contribution in [-0.4, -0.2) is 18.1 Å². The Morgan fingerprint density at radius 1 is 1.26 bits per heavy atom. The molecular weight excluding hydrogens is 256 g/mol. The smallest absolute Gasteiger partial charge is 0.122 e. The zero-order valence-corrected chi connectivity index (χ0v) is 13.8. The van der Waals surface area contributed by atoms with Crippen LogP contribution in [0, 0.1) is 0 Å². The van der Waals surface area contributed by atoms with Crippen LogP contribution in [0.2, 0.25) is 0 Å². The van der Waals surface area contributed by atoms with Gasteiger partial charge in [0.2, 0.25) is 0 Å². The molecule has 1 atom stereocenters. The van der Waals surface area contributed by atoms with Gasteiger partial charge in [-0.3, -0.25) is 0 Å². The van der Waals surface area contributed by atoms with E-state index in [4.69, 9.17) is 9.72 Å². The highest BCUT2D eigenvalue weighted by Gasteiger charge is 2.18. The third kappa shape index (κ3) is 5.21. The molecule has 1 aromatic rings. The Bertz CT molecular complexity index is 363. The lowest BCUT2D eigenvalue weighted by atomic mass is 10.2. The van der Waals surface area contributed by atoms with Gasteiger partial charge in [0, 0.05) is 24.6 Å². The van der Waals surface area contributed by atoms with E-state index in [1.54, 1.807) is 7.11 Å². The van der Waals surface area contributed by atoms with Gasteiger partial charge in [-0.2, -0.15) is 0 Å². The molecule has 1 unspecified atom stereocenters. The molecule has 0 radical (unpaired) electrons. The number of thiazole rings is 1. The summed E-state index contributed by atoms with van der Waals surface area (Å²) in [6.07, 6.45) is 4.55. The SMILES string of the molecule is CCCc1nc(C(CCC)OC)sc1CNC(C)C. The number of nitrogens with one attached hydrogen (secondary N) is 1. The predicted octanol–water partition coefficient (Wildman–Crippen LogP) is 4.08. The van der Waals surface area contributed by atoms with Gasteiger partial charge in [0.05, 0.1) is 5.69 Å². The molecule has 4 heteroatoms. The van der Waals surface area contributed by atoms with Gasteiger partial charge < -0.3 is 10.1 Å². The van der Waals surface area contributed by atoms with Crippen molar-refractivity contribution in [3.05, 3.63) is 15.6 Å². The van der Waals surface area contributed by atoms with Crippen LogP contribution in [0.4, 0.5) is 0 Å². The van der Waals surface area contributed by atoms with Crippen molar-refractivity contribution in [1.82, 2.24) is 10.3 Å². The molecule has 0 spiro atoms. The van der Waals surface area contributed by atoms with Crippen molar-refractivity contribution in [2.45, 2.75) is 72.1 Å². The van der Waals surface area contributed by atoms with Gasteiger partial charge in [-0.15, -0.1) is 11.3 Å². The molecule has 0 amide bonds. The van der Waals surface area contributed by atoms with E-state index in [2.05, 4.69) is 33.0 Å². The largest absolute Gasteiger partial charge is 0.374 e. The monoisotopic (exact) mass is 284 g/mol. The number of rotatable bonds is 9. The van der Waals surface area contributed by atoms with E-state index >= 15 is 0 Å². The fourth-order valence-electron chi connectivity index (χ4n) is 2.01. The minimum atomic E-state index is 0.165. The molecule has 1 aromatic heterocycles. The summed E-state index contributed by atoms with van der Waals surface area (Å²) in [5, 5.41) is 4.64. The first-order chi connectivity index (χ1) is 9.12. The minimum Gasteiger partial charge on any atom is -0.374 e. The second kappa shape index (κ2) is 8.67. The molecule has 0 aliphatic rings. The van der Waals surface area contributed by atoms with Crippen LogP contribution in [0.15, 0.2) is 0 Å². The highest BCUT2D eigenvalue weighted by atomic mass is 32.1. The Hall–Kier alpha value is -0.450. The highest BCUT2D eigenvalue weighted by molar-refractivity contribution is 7.11. The first-order valence-electron chi connectivity index (χ1n) is 7.36. The molecule has 0 bridgehead atoms. The lowest BCUT2D eigenvalue weighted by Crippen LogP contribution is -2.21. The van der Waals surface area contributed by atoms with E-state index in [-0.39, 0.29) is 6.10 Å². The molecule has 0 fully saturated rings. The van der Waals surface area contributed by atoms with Crippen LogP contribution in [-0.2, 0) is 17.7 Å². The number of methoxy groups -OCH3 is 1. The van der Waals surface area contributed by atoms with Crippen LogP contribution in [0.25, 0.3) is 0 Å².